The molecule has 0 aromatic heterocycles. The zero-order chi connectivity index (χ0) is 27.4. The minimum atomic E-state index is -4.61. The number of carbonyl (C=O) groups excluding carboxylic acids is 2. The van der Waals surface area contributed by atoms with E-state index in [2.05, 4.69) is 4.84 Å². The first kappa shape index (κ1) is 28.2. The molecule has 10 nitrogen and oxygen atoms in total. The third kappa shape index (κ3) is 6.24. The zero-order valence-corrected chi connectivity index (χ0v) is 21.9. The highest BCUT2D eigenvalue weighted by Crippen LogP contribution is 2.32. The first-order valence-electron chi connectivity index (χ1n) is 11.9. The van der Waals surface area contributed by atoms with Gasteiger partial charge in [-0.15, -0.1) is 0 Å². The molecule has 0 bridgehead atoms. The molecule has 206 valence electrons. The van der Waals surface area contributed by atoms with Crippen LogP contribution in [0.3, 0.4) is 0 Å². The third-order valence-corrected chi connectivity index (χ3v) is 8.63. The number of ether oxygens (including phenoxy) is 1. The van der Waals surface area contributed by atoms with Gasteiger partial charge in [-0.1, -0.05) is 18.0 Å². The maximum atomic E-state index is 14.8. The van der Waals surface area contributed by atoms with E-state index in [1.165, 1.54) is 29.2 Å². The van der Waals surface area contributed by atoms with Gasteiger partial charge in [0, 0.05) is 24.7 Å². The van der Waals surface area contributed by atoms with Gasteiger partial charge >= 0.3 is 5.97 Å². The molecule has 0 saturated carbocycles. The van der Waals surface area contributed by atoms with E-state index in [1.807, 2.05) is 4.90 Å². The summed E-state index contributed by atoms with van der Waals surface area (Å²) in [5.74, 6) is 0.404. The van der Waals surface area contributed by atoms with Crippen LogP contribution in [0.1, 0.15) is 19.3 Å². The van der Waals surface area contributed by atoms with Crippen molar-refractivity contribution in [2.75, 3.05) is 39.3 Å². The van der Waals surface area contributed by atoms with Crippen LogP contribution in [0.4, 0.5) is 8.78 Å². The molecular formula is C24H27ClF2N4O6S. The second kappa shape index (κ2) is 11.9. The molecule has 2 fully saturated rings. The molecule has 2 heterocycles. The number of amides is 1. The molecule has 2 saturated heterocycles. The van der Waals surface area contributed by atoms with Crippen molar-refractivity contribution in [2.24, 2.45) is 5.90 Å². The van der Waals surface area contributed by atoms with Crippen LogP contribution in [0, 0.1) is 11.6 Å². The van der Waals surface area contributed by atoms with Gasteiger partial charge in [0.2, 0.25) is 15.9 Å². The number of benzene rings is 2. The van der Waals surface area contributed by atoms with Crippen molar-refractivity contribution in [3.05, 3.63) is 53.1 Å². The van der Waals surface area contributed by atoms with Crippen molar-refractivity contribution in [1.29, 1.82) is 0 Å². The Kier molecular flexibility index (Phi) is 8.83. The topological polar surface area (TPSA) is 122 Å². The summed E-state index contributed by atoms with van der Waals surface area (Å²) in [6, 6.07) is 5.39. The highest BCUT2D eigenvalue weighted by molar-refractivity contribution is 7.89. The first-order chi connectivity index (χ1) is 18.1. The average molecular weight is 573 g/mol. The van der Waals surface area contributed by atoms with Crippen LogP contribution in [-0.4, -0.2) is 79.7 Å². The molecule has 2 aromatic rings. The molecule has 0 aliphatic carbocycles. The molecule has 1 atom stereocenters. The van der Waals surface area contributed by atoms with Gasteiger partial charge in [0.05, 0.1) is 11.4 Å². The van der Waals surface area contributed by atoms with Crippen molar-refractivity contribution in [2.45, 2.75) is 30.2 Å². The van der Waals surface area contributed by atoms with Gasteiger partial charge < -0.3 is 14.5 Å². The van der Waals surface area contributed by atoms with Crippen LogP contribution in [0.2, 0.25) is 5.02 Å². The van der Waals surface area contributed by atoms with Crippen molar-refractivity contribution in [3.63, 3.8) is 0 Å². The second-order valence-electron chi connectivity index (χ2n) is 9.02. The summed E-state index contributed by atoms with van der Waals surface area (Å²) in [6.07, 6.45) is 3.07. The Balaban J connectivity index is 1.54. The van der Waals surface area contributed by atoms with Crippen molar-refractivity contribution in [1.82, 2.24) is 14.1 Å². The Morgan fingerprint density at radius 3 is 2.24 bits per heavy atom. The van der Waals surface area contributed by atoms with Gasteiger partial charge in [-0.3, -0.25) is 9.69 Å². The predicted molar refractivity (Wildman–Crippen MR) is 133 cm³/mol. The lowest BCUT2D eigenvalue weighted by molar-refractivity contribution is -0.152. The molecule has 2 aromatic carbocycles. The van der Waals surface area contributed by atoms with E-state index in [-0.39, 0.29) is 37.8 Å². The molecule has 1 amide bonds. The average Bonchev–Trinajstić information content (AvgIpc) is 2.91. The summed E-state index contributed by atoms with van der Waals surface area (Å²) in [7, 11) is -4.61. The normalized spacial score (nSPS) is 19.3. The fraction of sp³-hybridized carbons (Fsp3) is 0.417. The van der Waals surface area contributed by atoms with Crippen molar-refractivity contribution in [3.8, 4) is 11.5 Å². The van der Waals surface area contributed by atoms with Crippen LogP contribution in [0.25, 0.3) is 0 Å². The van der Waals surface area contributed by atoms with E-state index < -0.39 is 44.3 Å². The maximum Gasteiger partial charge on any atom is 0.344 e. The number of piperazine rings is 1. The Bertz CT molecular complexity index is 1270. The van der Waals surface area contributed by atoms with E-state index in [9.17, 15) is 26.8 Å². The predicted octanol–water partition coefficient (Wildman–Crippen LogP) is 2.51. The lowest BCUT2D eigenvalue weighted by Crippen LogP contribution is -2.60. The molecule has 38 heavy (non-hydrogen) atoms. The second-order valence-corrected chi connectivity index (χ2v) is 11.3. The standard InChI is InChI=1S/C24H27ClF2N4O6S/c25-16-4-6-17(7-5-16)36-23-19(26)12-18(13-20(23)27)38(34,35)31-11-10-30(14-21(31)24(33)37-28)22(32)15-29-8-2-1-3-9-29/h4-7,12-13,21H,1-3,8-11,14-15,28H2/t21-/m1/s1. The lowest BCUT2D eigenvalue weighted by Gasteiger charge is -2.39. The summed E-state index contributed by atoms with van der Waals surface area (Å²) in [5, 5.41) is 0.388. The zero-order valence-electron chi connectivity index (χ0n) is 20.3. The molecule has 2 N–H and O–H groups in total. The SMILES string of the molecule is NOC(=O)[C@H]1CN(C(=O)CN2CCCCC2)CCN1S(=O)(=O)c1cc(F)c(Oc2ccc(Cl)cc2)c(F)c1. The van der Waals surface area contributed by atoms with Crippen LogP contribution in [-0.2, 0) is 24.4 Å². The van der Waals surface area contributed by atoms with Gasteiger partial charge in [0.15, 0.2) is 17.4 Å². The van der Waals surface area contributed by atoms with Crippen LogP contribution in [0.15, 0.2) is 41.3 Å². The highest BCUT2D eigenvalue weighted by Gasteiger charge is 2.43. The summed E-state index contributed by atoms with van der Waals surface area (Å²) in [5.41, 5.74) is 0. The number of sulfonamides is 1. The number of piperidine rings is 1. The number of rotatable bonds is 7. The maximum absolute atomic E-state index is 14.8. The number of hydrogen-bond acceptors (Lipinski definition) is 8. The van der Waals surface area contributed by atoms with Crippen molar-refractivity contribution < 1.29 is 36.4 Å². The van der Waals surface area contributed by atoms with Gasteiger partial charge in [0.25, 0.3) is 0 Å². The van der Waals surface area contributed by atoms with E-state index >= 15 is 0 Å². The van der Waals surface area contributed by atoms with E-state index in [0.29, 0.717) is 17.2 Å². The molecule has 2 aliphatic heterocycles. The first-order valence-corrected chi connectivity index (χ1v) is 13.8. The smallest absolute Gasteiger partial charge is 0.344 e. The molecule has 14 heteroatoms. The minimum absolute atomic E-state index is 0.0248. The minimum Gasteiger partial charge on any atom is -0.451 e. The molecule has 4 rings (SSSR count). The van der Waals surface area contributed by atoms with Gasteiger partial charge in [-0.05, 0) is 62.3 Å². The number of hydrogen-bond donors (Lipinski definition) is 1. The number of likely N-dealkylation sites (tertiary alicyclic amines) is 1. The molecule has 0 radical (unpaired) electrons. The number of carbonyl (C=O) groups is 2. The largest absolute Gasteiger partial charge is 0.451 e. The Morgan fingerprint density at radius 2 is 1.63 bits per heavy atom. The molecule has 2 aliphatic rings. The summed E-state index contributed by atoms with van der Waals surface area (Å²) >= 11 is 5.80. The van der Waals surface area contributed by atoms with Crippen molar-refractivity contribution >= 4 is 33.5 Å². The Labute approximate surface area is 223 Å². The summed E-state index contributed by atoms with van der Waals surface area (Å²) < 4.78 is 62.5. The molecular weight excluding hydrogens is 546 g/mol. The van der Waals surface area contributed by atoms with Crippen LogP contribution in [0.5, 0.6) is 11.5 Å². The van der Waals surface area contributed by atoms with E-state index in [1.54, 1.807) is 0 Å². The number of halogens is 3. The Morgan fingerprint density at radius 1 is 1.00 bits per heavy atom. The number of nitrogens with zero attached hydrogens (tertiary/aromatic N) is 3. The summed E-state index contributed by atoms with van der Waals surface area (Å²) in [6.45, 7) is 1.06. The monoisotopic (exact) mass is 572 g/mol. The highest BCUT2D eigenvalue weighted by atomic mass is 35.5. The van der Waals surface area contributed by atoms with Gasteiger partial charge in [-0.25, -0.2) is 22.0 Å². The third-order valence-electron chi connectivity index (χ3n) is 6.49. The summed E-state index contributed by atoms with van der Waals surface area (Å²) in [4.78, 5) is 32.2. The Hall–Kier alpha value is -2.84. The van der Waals surface area contributed by atoms with Crippen LogP contribution < -0.4 is 10.6 Å². The van der Waals surface area contributed by atoms with Gasteiger partial charge in [-0.2, -0.15) is 10.2 Å². The van der Waals surface area contributed by atoms with E-state index in [4.69, 9.17) is 22.2 Å². The molecule has 0 spiro atoms. The quantitative estimate of drug-likeness (QED) is 0.502. The van der Waals surface area contributed by atoms with Gasteiger partial charge in [0.1, 0.15) is 11.8 Å². The lowest BCUT2D eigenvalue weighted by atomic mass is 10.1. The fourth-order valence-corrected chi connectivity index (χ4v) is 6.21. The van der Waals surface area contributed by atoms with E-state index in [0.717, 1.165) is 36.7 Å². The number of nitrogens with two attached hydrogens (primary N) is 1. The molecule has 0 unspecified atom stereocenters. The fourth-order valence-electron chi connectivity index (χ4n) is 4.50. The van der Waals surface area contributed by atoms with Crippen LogP contribution >= 0.6 is 11.6 Å².